The number of hydrogen-bond donors (Lipinski definition) is 1. The number of halogens is 1. The van der Waals surface area contributed by atoms with E-state index in [4.69, 9.17) is 11.6 Å². The molecular formula is C18H15ClO. The van der Waals surface area contributed by atoms with Crippen LogP contribution in [0.15, 0.2) is 60.7 Å². The lowest BCUT2D eigenvalue weighted by Gasteiger charge is -2.18. The number of hydrogen-bond acceptors (Lipinski definition) is 1. The molecule has 3 aromatic carbocycles. The van der Waals surface area contributed by atoms with Gasteiger partial charge in [-0.25, -0.2) is 0 Å². The fourth-order valence-electron chi connectivity index (χ4n) is 2.62. The van der Waals surface area contributed by atoms with Crippen molar-refractivity contribution in [2.45, 2.75) is 13.0 Å². The molecule has 20 heavy (non-hydrogen) atoms. The minimum absolute atomic E-state index is 0.590. The van der Waals surface area contributed by atoms with Gasteiger partial charge in [-0.15, -0.1) is 0 Å². The summed E-state index contributed by atoms with van der Waals surface area (Å²) in [5, 5.41) is 13.6. The van der Waals surface area contributed by atoms with Gasteiger partial charge in [-0.3, -0.25) is 0 Å². The van der Waals surface area contributed by atoms with E-state index in [2.05, 4.69) is 12.1 Å². The zero-order valence-electron chi connectivity index (χ0n) is 11.2. The second-order valence-electron chi connectivity index (χ2n) is 4.94. The molecule has 1 nitrogen and oxygen atoms in total. The molecule has 0 unspecified atom stereocenters. The Morgan fingerprint density at radius 2 is 1.60 bits per heavy atom. The molecule has 2 heteroatoms. The third-order valence-corrected chi connectivity index (χ3v) is 4.01. The van der Waals surface area contributed by atoms with Crippen molar-refractivity contribution < 1.29 is 5.11 Å². The Balaban J connectivity index is 2.24. The first kappa shape index (κ1) is 13.2. The van der Waals surface area contributed by atoms with Crippen molar-refractivity contribution in [2.75, 3.05) is 0 Å². The van der Waals surface area contributed by atoms with E-state index in [1.807, 2.05) is 49.4 Å². The van der Waals surface area contributed by atoms with Gasteiger partial charge in [-0.2, -0.15) is 0 Å². The summed E-state index contributed by atoms with van der Waals surface area (Å²) in [5.41, 5.74) is 2.74. The molecule has 100 valence electrons. The Morgan fingerprint density at radius 3 is 2.40 bits per heavy atom. The molecule has 0 spiro atoms. The summed E-state index contributed by atoms with van der Waals surface area (Å²) in [6.07, 6.45) is -0.713. The van der Waals surface area contributed by atoms with Crippen molar-refractivity contribution in [2.24, 2.45) is 0 Å². The smallest absolute Gasteiger partial charge is 0.106 e. The van der Waals surface area contributed by atoms with Crippen LogP contribution in [-0.4, -0.2) is 5.11 Å². The first-order valence-electron chi connectivity index (χ1n) is 6.59. The molecule has 3 rings (SSSR count). The van der Waals surface area contributed by atoms with Crippen LogP contribution in [0.2, 0.25) is 5.02 Å². The zero-order chi connectivity index (χ0) is 14.1. The molecule has 0 saturated heterocycles. The maximum atomic E-state index is 10.8. The van der Waals surface area contributed by atoms with Gasteiger partial charge in [0.25, 0.3) is 0 Å². The van der Waals surface area contributed by atoms with Gasteiger partial charge in [-0.05, 0) is 34.9 Å². The lowest BCUT2D eigenvalue weighted by Crippen LogP contribution is -2.03. The van der Waals surface area contributed by atoms with E-state index in [9.17, 15) is 5.11 Å². The largest absolute Gasteiger partial charge is 0.384 e. The second-order valence-corrected chi connectivity index (χ2v) is 5.35. The molecule has 3 aromatic rings. The van der Waals surface area contributed by atoms with Crippen LogP contribution in [0.1, 0.15) is 22.8 Å². The van der Waals surface area contributed by atoms with Crippen molar-refractivity contribution >= 4 is 22.4 Å². The Labute approximate surface area is 123 Å². The number of rotatable bonds is 2. The molecule has 1 N–H and O–H groups in total. The standard InChI is InChI=1S/C18H15ClO/c1-12-10-11-13-6-2-3-7-14(13)17(12)18(20)15-8-4-5-9-16(15)19/h2-11,18,20H,1H3/t18-/m0/s1. The van der Waals surface area contributed by atoms with Crippen LogP contribution in [-0.2, 0) is 0 Å². The number of aryl methyl sites for hydroxylation is 1. The van der Waals surface area contributed by atoms with Gasteiger partial charge < -0.3 is 5.11 Å². The van der Waals surface area contributed by atoms with Crippen LogP contribution < -0.4 is 0 Å². The third-order valence-electron chi connectivity index (χ3n) is 3.66. The van der Waals surface area contributed by atoms with Crippen molar-refractivity contribution in [1.82, 2.24) is 0 Å². The molecule has 0 aromatic heterocycles. The summed E-state index contributed by atoms with van der Waals surface area (Å²) in [6.45, 7) is 2.02. The molecule has 0 bridgehead atoms. The van der Waals surface area contributed by atoms with E-state index >= 15 is 0 Å². The SMILES string of the molecule is Cc1ccc2ccccc2c1[C@@H](O)c1ccccc1Cl. The van der Waals surface area contributed by atoms with E-state index < -0.39 is 6.10 Å². The highest BCUT2D eigenvalue weighted by Crippen LogP contribution is 2.34. The van der Waals surface area contributed by atoms with Crippen LogP contribution in [0.3, 0.4) is 0 Å². The molecule has 0 amide bonds. The fourth-order valence-corrected chi connectivity index (χ4v) is 2.86. The highest BCUT2D eigenvalue weighted by Gasteiger charge is 2.18. The van der Waals surface area contributed by atoms with E-state index in [0.29, 0.717) is 5.02 Å². The monoisotopic (exact) mass is 282 g/mol. The van der Waals surface area contributed by atoms with Crippen LogP contribution in [0.5, 0.6) is 0 Å². The lowest BCUT2D eigenvalue weighted by molar-refractivity contribution is 0.221. The molecular weight excluding hydrogens is 268 g/mol. The van der Waals surface area contributed by atoms with E-state index in [-0.39, 0.29) is 0 Å². The summed E-state index contributed by atoms with van der Waals surface area (Å²) in [5.74, 6) is 0. The van der Waals surface area contributed by atoms with Gasteiger partial charge in [0.15, 0.2) is 0 Å². The van der Waals surface area contributed by atoms with Crippen molar-refractivity contribution in [1.29, 1.82) is 0 Å². The highest BCUT2D eigenvalue weighted by atomic mass is 35.5. The first-order valence-corrected chi connectivity index (χ1v) is 6.97. The summed E-state index contributed by atoms with van der Waals surface area (Å²) < 4.78 is 0. The van der Waals surface area contributed by atoms with Crippen LogP contribution in [0.4, 0.5) is 0 Å². The van der Waals surface area contributed by atoms with Gasteiger partial charge in [0.2, 0.25) is 0 Å². The fraction of sp³-hybridized carbons (Fsp3) is 0.111. The van der Waals surface area contributed by atoms with Crippen molar-refractivity contribution in [3.05, 3.63) is 82.4 Å². The molecule has 0 saturated carbocycles. The topological polar surface area (TPSA) is 20.2 Å². The maximum Gasteiger partial charge on any atom is 0.106 e. The van der Waals surface area contributed by atoms with Crippen LogP contribution in [0.25, 0.3) is 10.8 Å². The van der Waals surface area contributed by atoms with Crippen LogP contribution >= 0.6 is 11.6 Å². The van der Waals surface area contributed by atoms with Crippen LogP contribution in [0, 0.1) is 6.92 Å². The molecule has 1 atom stereocenters. The molecule has 0 aliphatic heterocycles. The van der Waals surface area contributed by atoms with Gasteiger partial charge in [-0.1, -0.05) is 66.2 Å². The van der Waals surface area contributed by atoms with Gasteiger partial charge in [0, 0.05) is 10.6 Å². The van der Waals surface area contributed by atoms with E-state index in [0.717, 1.165) is 27.5 Å². The van der Waals surface area contributed by atoms with Crippen molar-refractivity contribution in [3.8, 4) is 0 Å². The average molecular weight is 283 g/mol. The summed E-state index contributed by atoms with van der Waals surface area (Å²) in [7, 11) is 0. The highest BCUT2D eigenvalue weighted by molar-refractivity contribution is 6.31. The van der Waals surface area contributed by atoms with E-state index in [1.165, 1.54) is 0 Å². The zero-order valence-corrected chi connectivity index (χ0v) is 11.9. The summed E-state index contributed by atoms with van der Waals surface area (Å²) >= 11 is 6.21. The molecule has 0 radical (unpaired) electrons. The Hall–Kier alpha value is -1.83. The Kier molecular flexibility index (Phi) is 3.47. The second kappa shape index (κ2) is 5.28. The maximum absolute atomic E-state index is 10.8. The number of aliphatic hydroxyl groups excluding tert-OH is 1. The predicted octanol–water partition coefficient (Wildman–Crippen LogP) is 4.88. The minimum atomic E-state index is -0.713. The lowest BCUT2D eigenvalue weighted by atomic mass is 9.92. The van der Waals surface area contributed by atoms with Gasteiger partial charge in [0.1, 0.15) is 6.10 Å². The summed E-state index contributed by atoms with van der Waals surface area (Å²) in [6, 6.07) is 19.6. The Bertz CT molecular complexity index is 764. The number of fused-ring (bicyclic) bond motifs is 1. The Morgan fingerprint density at radius 1 is 0.900 bits per heavy atom. The average Bonchev–Trinajstić information content (AvgIpc) is 2.47. The number of benzene rings is 3. The van der Waals surface area contributed by atoms with E-state index in [1.54, 1.807) is 6.07 Å². The first-order chi connectivity index (χ1) is 9.68. The van der Waals surface area contributed by atoms with Crippen molar-refractivity contribution in [3.63, 3.8) is 0 Å². The molecule has 0 fully saturated rings. The normalized spacial score (nSPS) is 12.6. The number of aliphatic hydroxyl groups is 1. The van der Waals surface area contributed by atoms with Gasteiger partial charge >= 0.3 is 0 Å². The summed E-state index contributed by atoms with van der Waals surface area (Å²) in [4.78, 5) is 0. The molecule has 0 aliphatic carbocycles. The predicted molar refractivity (Wildman–Crippen MR) is 84.2 cm³/mol. The third kappa shape index (κ3) is 2.20. The molecule has 0 heterocycles. The molecule has 0 aliphatic rings. The quantitative estimate of drug-likeness (QED) is 0.710. The minimum Gasteiger partial charge on any atom is -0.384 e. The van der Waals surface area contributed by atoms with Gasteiger partial charge in [0.05, 0.1) is 0 Å².